The topological polar surface area (TPSA) is 35.2 Å². The predicted octanol–water partition coefficient (Wildman–Crippen LogP) is 1.89. The van der Waals surface area contributed by atoms with Gasteiger partial charge in [0.05, 0.1) is 17.2 Å². The minimum atomic E-state index is -0.350. The molecule has 1 aliphatic heterocycles. The maximum absolute atomic E-state index is 13.3. The van der Waals surface area contributed by atoms with Crippen LogP contribution in [0.1, 0.15) is 0 Å². The van der Waals surface area contributed by atoms with Crippen LogP contribution in [-0.2, 0) is 0 Å². The van der Waals surface area contributed by atoms with E-state index < -0.39 is 0 Å². The van der Waals surface area contributed by atoms with Gasteiger partial charge >= 0.3 is 0 Å². The first-order chi connectivity index (χ1) is 5.79. The van der Waals surface area contributed by atoms with E-state index >= 15 is 0 Å². The van der Waals surface area contributed by atoms with Crippen LogP contribution >= 0.6 is 11.8 Å². The van der Waals surface area contributed by atoms with Crippen LogP contribution in [0, 0.1) is 5.82 Å². The van der Waals surface area contributed by atoms with Gasteiger partial charge in [-0.15, -0.1) is 11.8 Å². The fraction of sp³-hybridized carbons (Fsp3) is 0.250. The minimum Gasteiger partial charge on any atom is -0.491 e. The highest BCUT2D eigenvalue weighted by atomic mass is 32.2. The lowest BCUT2D eigenvalue weighted by Gasteiger charge is -2.17. The summed E-state index contributed by atoms with van der Waals surface area (Å²) in [7, 11) is 0. The van der Waals surface area contributed by atoms with Crippen LogP contribution in [0.4, 0.5) is 10.1 Å². The van der Waals surface area contributed by atoms with Crippen molar-refractivity contribution in [2.75, 3.05) is 18.1 Å². The third-order valence-electron chi connectivity index (χ3n) is 1.68. The Balaban J connectivity index is 2.54. The van der Waals surface area contributed by atoms with Crippen LogP contribution in [0.2, 0.25) is 0 Å². The summed E-state index contributed by atoms with van der Waals surface area (Å²) < 4.78 is 18.5. The second-order valence-corrected chi connectivity index (χ2v) is 3.60. The van der Waals surface area contributed by atoms with Crippen molar-refractivity contribution in [1.29, 1.82) is 0 Å². The molecule has 2 N–H and O–H groups in total. The summed E-state index contributed by atoms with van der Waals surface area (Å²) in [5.74, 6) is 1.04. The first kappa shape index (κ1) is 7.73. The molecule has 0 unspecified atom stereocenters. The molecule has 0 atom stereocenters. The lowest BCUT2D eigenvalue weighted by atomic mass is 10.3. The summed E-state index contributed by atoms with van der Waals surface area (Å²) in [4.78, 5) is 0.543. The summed E-state index contributed by atoms with van der Waals surface area (Å²) in [6.07, 6.45) is 0. The average Bonchev–Trinajstić information content (AvgIpc) is 2.12. The van der Waals surface area contributed by atoms with Crippen LogP contribution in [0.5, 0.6) is 5.75 Å². The van der Waals surface area contributed by atoms with Crippen LogP contribution in [0.25, 0.3) is 0 Å². The van der Waals surface area contributed by atoms with Gasteiger partial charge in [0.25, 0.3) is 0 Å². The monoisotopic (exact) mass is 185 g/mol. The van der Waals surface area contributed by atoms with Gasteiger partial charge in [0.15, 0.2) is 5.82 Å². The molecule has 0 amide bonds. The first-order valence-corrected chi connectivity index (χ1v) is 4.61. The van der Waals surface area contributed by atoms with Crippen LogP contribution in [0.3, 0.4) is 0 Å². The van der Waals surface area contributed by atoms with Gasteiger partial charge in [-0.25, -0.2) is 4.39 Å². The molecule has 64 valence electrons. The van der Waals surface area contributed by atoms with Crippen LogP contribution in [0.15, 0.2) is 17.0 Å². The molecule has 1 aromatic rings. The van der Waals surface area contributed by atoms with Gasteiger partial charge in [-0.1, -0.05) is 0 Å². The van der Waals surface area contributed by atoms with Gasteiger partial charge < -0.3 is 10.5 Å². The van der Waals surface area contributed by atoms with E-state index in [2.05, 4.69) is 0 Å². The molecule has 0 saturated carbocycles. The molecular formula is C8H8FNOS. The molecule has 2 rings (SSSR count). The molecule has 12 heavy (non-hydrogen) atoms. The average molecular weight is 185 g/mol. The largest absolute Gasteiger partial charge is 0.491 e. The second kappa shape index (κ2) is 2.86. The molecule has 4 heteroatoms. The quantitative estimate of drug-likeness (QED) is 0.627. The van der Waals surface area contributed by atoms with Gasteiger partial charge in [-0.3, -0.25) is 0 Å². The van der Waals surface area contributed by atoms with Gasteiger partial charge in [-0.05, 0) is 12.1 Å². The van der Waals surface area contributed by atoms with Gasteiger partial charge in [0, 0.05) is 5.75 Å². The number of benzene rings is 1. The molecule has 2 nitrogen and oxygen atoms in total. The molecule has 1 heterocycles. The maximum Gasteiger partial charge on any atom is 0.163 e. The van der Waals surface area contributed by atoms with Crippen LogP contribution < -0.4 is 10.5 Å². The Morgan fingerprint density at radius 3 is 3.17 bits per heavy atom. The predicted molar refractivity (Wildman–Crippen MR) is 47.0 cm³/mol. The van der Waals surface area contributed by atoms with Crippen molar-refractivity contribution in [3.8, 4) is 5.75 Å². The van der Waals surface area contributed by atoms with E-state index in [0.29, 0.717) is 17.3 Å². The number of nitrogen functional groups attached to an aromatic ring is 1. The molecule has 0 aromatic heterocycles. The van der Waals surface area contributed by atoms with Crippen molar-refractivity contribution in [2.45, 2.75) is 4.90 Å². The summed E-state index contributed by atoms with van der Waals surface area (Å²) >= 11 is 1.45. The fourth-order valence-electron chi connectivity index (χ4n) is 1.10. The number of ether oxygens (including phenoxy) is 1. The number of thioether (sulfide) groups is 1. The number of halogens is 1. The third-order valence-corrected chi connectivity index (χ3v) is 2.72. The molecule has 0 spiro atoms. The lowest BCUT2D eigenvalue weighted by molar-refractivity contribution is 0.325. The fourth-order valence-corrected chi connectivity index (χ4v) is 1.98. The van der Waals surface area contributed by atoms with Crippen molar-refractivity contribution >= 4 is 17.4 Å². The lowest BCUT2D eigenvalue weighted by Crippen LogP contribution is -2.08. The molecule has 0 saturated heterocycles. The van der Waals surface area contributed by atoms with Crippen molar-refractivity contribution in [3.63, 3.8) is 0 Å². The van der Waals surface area contributed by atoms with E-state index in [4.69, 9.17) is 10.5 Å². The van der Waals surface area contributed by atoms with E-state index in [1.165, 1.54) is 17.8 Å². The Morgan fingerprint density at radius 2 is 2.33 bits per heavy atom. The molecule has 0 fully saturated rings. The van der Waals surface area contributed by atoms with E-state index in [0.717, 1.165) is 5.75 Å². The standard InChI is InChI=1S/C8H8FNOS/c9-7-5(10)1-2-6-8(7)12-4-3-11-6/h1-2H,3-4,10H2. The van der Waals surface area contributed by atoms with Crippen molar-refractivity contribution < 1.29 is 9.13 Å². The second-order valence-electron chi connectivity index (χ2n) is 2.49. The Labute approximate surface area is 73.9 Å². The highest BCUT2D eigenvalue weighted by Crippen LogP contribution is 2.37. The molecule has 1 aromatic carbocycles. The summed E-state index contributed by atoms with van der Waals surface area (Å²) in [6.45, 7) is 0.640. The molecular weight excluding hydrogens is 177 g/mol. The van der Waals surface area contributed by atoms with Gasteiger partial charge in [0.1, 0.15) is 5.75 Å². The van der Waals surface area contributed by atoms with Crippen LogP contribution in [-0.4, -0.2) is 12.4 Å². The highest BCUT2D eigenvalue weighted by molar-refractivity contribution is 7.99. The number of fused-ring (bicyclic) bond motifs is 1. The molecule has 0 radical (unpaired) electrons. The smallest absolute Gasteiger partial charge is 0.163 e. The summed E-state index contributed by atoms with van der Waals surface area (Å²) in [5, 5.41) is 0. The Hall–Kier alpha value is -0.900. The number of hydrogen-bond acceptors (Lipinski definition) is 3. The maximum atomic E-state index is 13.3. The zero-order valence-electron chi connectivity index (χ0n) is 6.34. The zero-order chi connectivity index (χ0) is 8.55. The minimum absolute atomic E-state index is 0.187. The van der Waals surface area contributed by atoms with E-state index in [9.17, 15) is 4.39 Å². The van der Waals surface area contributed by atoms with Crippen molar-refractivity contribution in [2.24, 2.45) is 0 Å². The number of rotatable bonds is 0. The van der Waals surface area contributed by atoms with E-state index in [-0.39, 0.29) is 11.5 Å². The number of nitrogens with two attached hydrogens (primary N) is 1. The van der Waals surface area contributed by atoms with E-state index in [1.54, 1.807) is 6.07 Å². The highest BCUT2D eigenvalue weighted by Gasteiger charge is 2.16. The zero-order valence-corrected chi connectivity index (χ0v) is 7.16. The Kier molecular flexibility index (Phi) is 1.84. The number of hydrogen-bond donors (Lipinski definition) is 1. The van der Waals surface area contributed by atoms with Crippen molar-refractivity contribution in [1.82, 2.24) is 0 Å². The van der Waals surface area contributed by atoms with E-state index in [1.807, 2.05) is 0 Å². The Bertz CT molecular complexity index is 316. The summed E-state index contributed by atoms with van der Waals surface area (Å²) in [6, 6.07) is 3.24. The SMILES string of the molecule is Nc1ccc2c(c1F)SCCO2. The molecule has 0 aliphatic carbocycles. The van der Waals surface area contributed by atoms with Gasteiger partial charge in [0.2, 0.25) is 0 Å². The Morgan fingerprint density at radius 1 is 1.50 bits per heavy atom. The van der Waals surface area contributed by atoms with Gasteiger partial charge in [-0.2, -0.15) is 0 Å². The van der Waals surface area contributed by atoms with Crippen molar-refractivity contribution in [3.05, 3.63) is 17.9 Å². The normalized spacial score (nSPS) is 15.1. The first-order valence-electron chi connectivity index (χ1n) is 3.62. The molecule has 0 bridgehead atoms. The molecule has 1 aliphatic rings. The summed E-state index contributed by atoms with van der Waals surface area (Å²) in [5.41, 5.74) is 5.59. The third kappa shape index (κ3) is 1.12. The number of anilines is 1.